The Kier molecular flexibility index (Phi) is 4.82. The van der Waals surface area contributed by atoms with Crippen LogP contribution in [0, 0.1) is 13.8 Å². The molecule has 0 saturated heterocycles. The lowest BCUT2D eigenvalue weighted by Crippen LogP contribution is -2.23. The Bertz CT molecular complexity index is 418. The van der Waals surface area contributed by atoms with Crippen LogP contribution in [0.2, 0.25) is 0 Å². The number of likely N-dealkylation sites (N-methyl/N-ethyl adjacent to an activating group) is 1. The predicted octanol–water partition coefficient (Wildman–Crippen LogP) is 3.15. The van der Waals surface area contributed by atoms with E-state index in [2.05, 4.69) is 12.1 Å². The number of benzene rings is 1. The normalized spacial score (nSPS) is 10.2. The predicted molar refractivity (Wildman–Crippen MR) is 70.1 cm³/mol. The summed E-state index contributed by atoms with van der Waals surface area (Å²) in [4.78, 5) is 12.4. The van der Waals surface area contributed by atoms with Gasteiger partial charge >= 0.3 is 5.37 Å². The van der Waals surface area contributed by atoms with Gasteiger partial charge in [0, 0.05) is 13.6 Å². The molecule has 0 aliphatic rings. The van der Waals surface area contributed by atoms with Crippen molar-refractivity contribution in [2.75, 3.05) is 20.7 Å². The molecule has 0 aliphatic heterocycles. The van der Waals surface area contributed by atoms with Crippen molar-refractivity contribution in [1.82, 2.24) is 4.90 Å². The van der Waals surface area contributed by atoms with E-state index in [0.717, 1.165) is 23.3 Å². The number of amides is 1. The van der Waals surface area contributed by atoms with Gasteiger partial charge in [-0.3, -0.25) is 4.79 Å². The average molecular weight is 256 g/mol. The van der Waals surface area contributed by atoms with E-state index in [4.69, 9.17) is 16.3 Å². The second-order valence-electron chi connectivity index (χ2n) is 4.20. The molecule has 3 nitrogen and oxygen atoms in total. The van der Waals surface area contributed by atoms with Gasteiger partial charge in [-0.15, -0.1) is 0 Å². The number of carbonyl (C=O) groups is 1. The van der Waals surface area contributed by atoms with E-state index in [-0.39, 0.29) is 0 Å². The molecule has 0 aromatic heterocycles. The van der Waals surface area contributed by atoms with Crippen LogP contribution in [-0.4, -0.2) is 31.0 Å². The van der Waals surface area contributed by atoms with Gasteiger partial charge in [0.05, 0.1) is 7.11 Å². The first-order valence-electron chi connectivity index (χ1n) is 5.50. The number of nitrogens with zero attached hydrogens (tertiary/aromatic N) is 1. The van der Waals surface area contributed by atoms with Gasteiger partial charge in [0.1, 0.15) is 5.75 Å². The Morgan fingerprint density at radius 3 is 2.59 bits per heavy atom. The third kappa shape index (κ3) is 3.63. The van der Waals surface area contributed by atoms with E-state index >= 15 is 0 Å². The Balaban J connectivity index is 2.86. The average Bonchev–Trinajstić information content (AvgIpc) is 2.24. The van der Waals surface area contributed by atoms with Crippen LogP contribution in [0.25, 0.3) is 0 Å². The molecule has 0 heterocycles. The lowest BCUT2D eigenvalue weighted by atomic mass is 10.0. The number of halogens is 1. The van der Waals surface area contributed by atoms with Gasteiger partial charge in [0.2, 0.25) is 0 Å². The van der Waals surface area contributed by atoms with E-state index in [0.29, 0.717) is 6.54 Å². The third-order valence-electron chi connectivity index (χ3n) is 2.72. The van der Waals surface area contributed by atoms with Crippen molar-refractivity contribution < 1.29 is 9.53 Å². The monoisotopic (exact) mass is 255 g/mol. The smallest absolute Gasteiger partial charge is 0.316 e. The van der Waals surface area contributed by atoms with Crippen LogP contribution < -0.4 is 4.74 Å². The maximum Gasteiger partial charge on any atom is 0.316 e. The number of rotatable bonds is 4. The molecule has 0 bridgehead atoms. The summed E-state index contributed by atoms with van der Waals surface area (Å²) >= 11 is 5.39. The lowest BCUT2D eigenvalue weighted by Gasteiger charge is -2.16. The van der Waals surface area contributed by atoms with Crippen molar-refractivity contribution >= 4 is 17.0 Å². The van der Waals surface area contributed by atoms with Gasteiger partial charge in [0.15, 0.2) is 0 Å². The Hall–Kier alpha value is -1.22. The zero-order chi connectivity index (χ0) is 13.0. The number of hydrogen-bond donors (Lipinski definition) is 0. The molecule has 0 N–H and O–H groups in total. The van der Waals surface area contributed by atoms with E-state index in [9.17, 15) is 4.79 Å². The molecule has 94 valence electrons. The van der Waals surface area contributed by atoms with Gasteiger partial charge in [-0.1, -0.05) is 17.7 Å². The highest BCUT2D eigenvalue weighted by molar-refractivity contribution is 6.62. The summed E-state index contributed by atoms with van der Waals surface area (Å²) in [5.41, 5.74) is 3.41. The zero-order valence-corrected chi connectivity index (χ0v) is 11.5. The highest BCUT2D eigenvalue weighted by Gasteiger charge is 2.10. The number of carbonyl (C=O) groups excluding carboxylic acids is 1. The molecule has 0 unspecified atom stereocenters. The Labute approximate surface area is 107 Å². The highest BCUT2D eigenvalue weighted by Crippen LogP contribution is 2.25. The zero-order valence-electron chi connectivity index (χ0n) is 10.7. The van der Waals surface area contributed by atoms with Crippen LogP contribution in [-0.2, 0) is 6.42 Å². The van der Waals surface area contributed by atoms with E-state index < -0.39 is 5.37 Å². The fourth-order valence-corrected chi connectivity index (χ4v) is 1.98. The van der Waals surface area contributed by atoms with Crippen LogP contribution in [0.3, 0.4) is 0 Å². The van der Waals surface area contributed by atoms with Crippen LogP contribution in [0.5, 0.6) is 5.75 Å². The summed E-state index contributed by atoms with van der Waals surface area (Å²) in [5.74, 6) is 0.894. The fraction of sp³-hybridized carbons (Fsp3) is 0.462. The van der Waals surface area contributed by atoms with Gasteiger partial charge in [-0.2, -0.15) is 0 Å². The SMILES string of the molecule is COc1c(C)cc(C)cc1CCN(C)C(=O)Cl. The maximum absolute atomic E-state index is 10.9. The molecule has 0 spiro atoms. The van der Waals surface area contributed by atoms with Crippen LogP contribution >= 0.6 is 11.6 Å². The maximum atomic E-state index is 10.9. The summed E-state index contributed by atoms with van der Waals surface area (Å²) < 4.78 is 5.39. The fourth-order valence-electron chi connectivity index (χ4n) is 1.90. The summed E-state index contributed by atoms with van der Waals surface area (Å²) in [7, 11) is 3.35. The molecule has 0 aliphatic carbocycles. The van der Waals surface area contributed by atoms with Gasteiger partial charge < -0.3 is 9.64 Å². The number of methoxy groups -OCH3 is 1. The number of ether oxygens (including phenoxy) is 1. The molecule has 4 heteroatoms. The van der Waals surface area contributed by atoms with Crippen molar-refractivity contribution in [3.05, 3.63) is 28.8 Å². The minimum atomic E-state index is -0.437. The van der Waals surface area contributed by atoms with Crippen molar-refractivity contribution in [3.8, 4) is 5.75 Å². The molecular formula is C13H18ClNO2. The first kappa shape index (κ1) is 13.8. The van der Waals surface area contributed by atoms with E-state index in [1.165, 1.54) is 10.5 Å². The molecule has 1 aromatic rings. The summed E-state index contributed by atoms with van der Waals surface area (Å²) in [6.45, 7) is 4.65. The second kappa shape index (κ2) is 5.92. The molecule has 0 fully saturated rings. The first-order chi connectivity index (χ1) is 7.95. The highest BCUT2D eigenvalue weighted by atomic mass is 35.5. The van der Waals surface area contributed by atoms with Crippen molar-refractivity contribution in [3.63, 3.8) is 0 Å². The van der Waals surface area contributed by atoms with Crippen molar-refractivity contribution in [2.45, 2.75) is 20.3 Å². The summed E-state index contributed by atoms with van der Waals surface area (Å²) in [6.07, 6.45) is 0.737. The molecular weight excluding hydrogens is 238 g/mol. The molecule has 1 rings (SSSR count). The molecule has 17 heavy (non-hydrogen) atoms. The minimum absolute atomic E-state index is 0.437. The molecule has 0 saturated carbocycles. The standard InChI is InChI=1S/C13H18ClNO2/c1-9-7-10(2)12(17-4)11(8-9)5-6-15(3)13(14)16/h7-8H,5-6H2,1-4H3. The van der Waals surface area contributed by atoms with Crippen molar-refractivity contribution in [2.24, 2.45) is 0 Å². The minimum Gasteiger partial charge on any atom is -0.496 e. The van der Waals surface area contributed by atoms with Gasteiger partial charge in [-0.25, -0.2) is 0 Å². The number of hydrogen-bond acceptors (Lipinski definition) is 2. The summed E-state index contributed by atoms with van der Waals surface area (Å²) in [6, 6.07) is 4.16. The molecule has 1 amide bonds. The summed E-state index contributed by atoms with van der Waals surface area (Å²) in [5, 5.41) is -0.437. The molecule has 0 atom stereocenters. The molecule has 0 radical (unpaired) electrons. The molecule has 1 aromatic carbocycles. The quantitative estimate of drug-likeness (QED) is 0.611. The Morgan fingerprint density at radius 2 is 2.06 bits per heavy atom. The third-order valence-corrected chi connectivity index (χ3v) is 3.01. The van der Waals surface area contributed by atoms with Crippen LogP contribution in [0.15, 0.2) is 12.1 Å². The lowest BCUT2D eigenvalue weighted by molar-refractivity contribution is 0.232. The van der Waals surface area contributed by atoms with Crippen molar-refractivity contribution in [1.29, 1.82) is 0 Å². The van der Waals surface area contributed by atoms with Gasteiger partial charge in [-0.05, 0) is 43.0 Å². The van der Waals surface area contributed by atoms with E-state index in [1.807, 2.05) is 13.8 Å². The largest absolute Gasteiger partial charge is 0.496 e. The number of aryl methyl sites for hydroxylation is 2. The second-order valence-corrected chi connectivity index (χ2v) is 4.52. The topological polar surface area (TPSA) is 29.5 Å². The first-order valence-corrected chi connectivity index (χ1v) is 5.88. The Morgan fingerprint density at radius 1 is 1.41 bits per heavy atom. The van der Waals surface area contributed by atoms with E-state index in [1.54, 1.807) is 14.2 Å². The van der Waals surface area contributed by atoms with Gasteiger partial charge in [0.25, 0.3) is 0 Å². The van der Waals surface area contributed by atoms with Crippen LogP contribution in [0.4, 0.5) is 4.79 Å². The van der Waals surface area contributed by atoms with Crippen LogP contribution in [0.1, 0.15) is 16.7 Å².